The van der Waals surface area contributed by atoms with E-state index in [9.17, 15) is 0 Å². The molecule has 4 heteroatoms. The zero-order valence-electron chi connectivity index (χ0n) is 12.1. The Hall–Kier alpha value is -1.81. The average molecular weight is 258 g/mol. The molecule has 0 bridgehead atoms. The maximum Gasteiger partial charge on any atom is 0.0724 e. The number of anilines is 2. The van der Waals surface area contributed by atoms with Gasteiger partial charge in [0.15, 0.2) is 0 Å². The minimum atomic E-state index is 0.0658. The Labute approximate surface area is 114 Å². The summed E-state index contributed by atoms with van der Waals surface area (Å²) in [5.74, 6) is 0. The van der Waals surface area contributed by atoms with Crippen molar-refractivity contribution in [1.29, 1.82) is 0 Å². The van der Waals surface area contributed by atoms with Crippen LogP contribution in [0.15, 0.2) is 30.5 Å². The fourth-order valence-corrected chi connectivity index (χ4v) is 1.80. The summed E-state index contributed by atoms with van der Waals surface area (Å²) < 4.78 is 0. The first-order valence-electron chi connectivity index (χ1n) is 6.46. The molecule has 1 aromatic heterocycles. The summed E-state index contributed by atoms with van der Waals surface area (Å²) >= 11 is 0. The third kappa shape index (κ3) is 2.79. The Balaban J connectivity index is 2.25. The van der Waals surface area contributed by atoms with E-state index in [1.165, 1.54) is 0 Å². The van der Waals surface area contributed by atoms with Gasteiger partial charge >= 0.3 is 0 Å². The van der Waals surface area contributed by atoms with Crippen LogP contribution in [0.1, 0.15) is 13.8 Å². The molecule has 0 aliphatic heterocycles. The maximum atomic E-state index is 6.21. The number of nitrogen functional groups attached to an aromatic ring is 1. The normalized spacial score (nSPS) is 12.1. The van der Waals surface area contributed by atoms with E-state index in [2.05, 4.69) is 43.1 Å². The minimum Gasteiger partial charge on any atom is -0.397 e. The number of fused-ring (bicyclic) bond motifs is 1. The first-order valence-corrected chi connectivity index (χ1v) is 6.46. The van der Waals surface area contributed by atoms with Crippen LogP contribution in [0.2, 0.25) is 0 Å². The van der Waals surface area contributed by atoms with Gasteiger partial charge in [-0.1, -0.05) is 0 Å². The predicted molar refractivity (Wildman–Crippen MR) is 82.4 cm³/mol. The lowest BCUT2D eigenvalue weighted by atomic mass is 10.0. The van der Waals surface area contributed by atoms with Crippen molar-refractivity contribution in [3.8, 4) is 0 Å². The number of nitrogens with zero attached hydrogens (tertiary/aromatic N) is 2. The van der Waals surface area contributed by atoms with E-state index in [1.54, 1.807) is 6.20 Å². The van der Waals surface area contributed by atoms with Crippen molar-refractivity contribution in [3.63, 3.8) is 0 Å². The maximum absolute atomic E-state index is 6.21. The van der Waals surface area contributed by atoms with Crippen molar-refractivity contribution in [2.45, 2.75) is 19.4 Å². The second-order valence-electron chi connectivity index (χ2n) is 5.66. The van der Waals surface area contributed by atoms with Crippen LogP contribution in [-0.2, 0) is 0 Å². The number of hydrogen-bond donors (Lipinski definition) is 2. The van der Waals surface area contributed by atoms with Crippen molar-refractivity contribution in [2.24, 2.45) is 0 Å². The van der Waals surface area contributed by atoms with Gasteiger partial charge in [-0.25, -0.2) is 0 Å². The van der Waals surface area contributed by atoms with Crippen LogP contribution < -0.4 is 11.1 Å². The lowest BCUT2D eigenvalue weighted by Crippen LogP contribution is -2.44. The summed E-state index contributed by atoms with van der Waals surface area (Å²) in [5.41, 5.74) is 8.93. The summed E-state index contributed by atoms with van der Waals surface area (Å²) in [6.45, 7) is 5.22. The highest BCUT2D eigenvalue weighted by molar-refractivity contribution is 5.96. The van der Waals surface area contributed by atoms with Crippen LogP contribution in [0.25, 0.3) is 10.9 Å². The number of rotatable bonds is 4. The molecule has 19 heavy (non-hydrogen) atoms. The van der Waals surface area contributed by atoms with E-state index in [0.717, 1.165) is 28.8 Å². The molecule has 0 saturated heterocycles. The standard InChI is InChI=1S/C15H22N4/c1-15(2,19(3)4)10-18-13-8-7-12-11(14(13)16)6-5-9-17-12/h5-9,18H,10,16H2,1-4H3. The molecule has 0 radical (unpaired) electrons. The molecule has 0 saturated carbocycles. The average Bonchev–Trinajstić information content (AvgIpc) is 2.38. The van der Waals surface area contributed by atoms with Gasteiger partial charge in [0.2, 0.25) is 0 Å². The number of aromatic nitrogens is 1. The van der Waals surface area contributed by atoms with Gasteiger partial charge < -0.3 is 16.0 Å². The Bertz CT molecular complexity index is 575. The van der Waals surface area contributed by atoms with Gasteiger partial charge in [0.25, 0.3) is 0 Å². The molecule has 2 rings (SSSR count). The molecule has 0 aliphatic rings. The minimum absolute atomic E-state index is 0.0658. The molecule has 2 aromatic rings. The van der Waals surface area contributed by atoms with Crippen LogP contribution in [0, 0.1) is 0 Å². The van der Waals surface area contributed by atoms with Gasteiger partial charge in [0, 0.05) is 23.7 Å². The van der Waals surface area contributed by atoms with E-state index in [1.807, 2.05) is 24.3 Å². The molecule has 0 spiro atoms. The lowest BCUT2D eigenvalue weighted by molar-refractivity contribution is 0.210. The molecule has 1 heterocycles. The third-order valence-corrected chi connectivity index (χ3v) is 3.75. The van der Waals surface area contributed by atoms with Gasteiger partial charge in [-0.3, -0.25) is 4.98 Å². The molecule has 0 fully saturated rings. The number of nitrogens with one attached hydrogen (secondary N) is 1. The smallest absolute Gasteiger partial charge is 0.0724 e. The van der Waals surface area contributed by atoms with Crippen molar-refractivity contribution >= 4 is 22.3 Å². The Morgan fingerprint density at radius 2 is 2.00 bits per heavy atom. The topological polar surface area (TPSA) is 54.2 Å². The van der Waals surface area contributed by atoms with Crippen LogP contribution in [0.3, 0.4) is 0 Å². The molecule has 1 aromatic carbocycles. The summed E-state index contributed by atoms with van der Waals surface area (Å²) in [6, 6.07) is 7.90. The van der Waals surface area contributed by atoms with Gasteiger partial charge in [-0.15, -0.1) is 0 Å². The number of likely N-dealkylation sites (N-methyl/N-ethyl adjacent to an activating group) is 1. The van der Waals surface area contributed by atoms with E-state index in [0.29, 0.717) is 0 Å². The highest BCUT2D eigenvalue weighted by atomic mass is 15.2. The summed E-state index contributed by atoms with van der Waals surface area (Å²) in [7, 11) is 4.16. The highest BCUT2D eigenvalue weighted by Crippen LogP contribution is 2.27. The second-order valence-corrected chi connectivity index (χ2v) is 5.66. The fourth-order valence-electron chi connectivity index (χ4n) is 1.80. The van der Waals surface area contributed by atoms with Gasteiger partial charge in [0.05, 0.1) is 16.9 Å². The largest absolute Gasteiger partial charge is 0.397 e. The fraction of sp³-hybridized carbons (Fsp3) is 0.400. The predicted octanol–water partition coefficient (Wildman–Crippen LogP) is 2.57. The molecule has 0 unspecified atom stereocenters. The first kappa shape index (κ1) is 13.6. The number of hydrogen-bond acceptors (Lipinski definition) is 4. The number of nitrogens with two attached hydrogens (primary N) is 1. The van der Waals surface area contributed by atoms with E-state index in [-0.39, 0.29) is 5.54 Å². The molecular formula is C15H22N4. The van der Waals surface area contributed by atoms with E-state index in [4.69, 9.17) is 5.73 Å². The first-order chi connectivity index (χ1) is 8.92. The summed E-state index contributed by atoms with van der Waals surface area (Å²) in [5, 5.41) is 4.43. The summed E-state index contributed by atoms with van der Waals surface area (Å²) in [6.07, 6.45) is 1.78. The zero-order valence-corrected chi connectivity index (χ0v) is 12.1. The zero-order chi connectivity index (χ0) is 14.0. The van der Waals surface area contributed by atoms with Crippen LogP contribution in [0.5, 0.6) is 0 Å². The van der Waals surface area contributed by atoms with Gasteiger partial charge in [-0.05, 0) is 52.2 Å². The van der Waals surface area contributed by atoms with Gasteiger partial charge in [-0.2, -0.15) is 0 Å². The lowest BCUT2D eigenvalue weighted by Gasteiger charge is -2.33. The second kappa shape index (κ2) is 5.05. The van der Waals surface area contributed by atoms with Crippen LogP contribution in [-0.4, -0.2) is 36.1 Å². The number of benzene rings is 1. The molecule has 0 atom stereocenters. The summed E-state index contributed by atoms with van der Waals surface area (Å²) in [4.78, 5) is 6.50. The molecule has 102 valence electrons. The molecule has 0 amide bonds. The van der Waals surface area contributed by atoms with Gasteiger partial charge in [0.1, 0.15) is 0 Å². The SMILES string of the molecule is CN(C)C(C)(C)CNc1ccc2ncccc2c1N. The quantitative estimate of drug-likeness (QED) is 0.828. The van der Waals surface area contributed by atoms with Crippen molar-refractivity contribution in [3.05, 3.63) is 30.5 Å². The number of pyridine rings is 1. The van der Waals surface area contributed by atoms with Crippen molar-refractivity contribution in [2.75, 3.05) is 31.7 Å². The third-order valence-electron chi connectivity index (χ3n) is 3.75. The molecule has 0 aliphatic carbocycles. The Kier molecular flexibility index (Phi) is 3.62. The van der Waals surface area contributed by atoms with E-state index < -0.39 is 0 Å². The van der Waals surface area contributed by atoms with E-state index >= 15 is 0 Å². The Morgan fingerprint density at radius 1 is 1.26 bits per heavy atom. The Morgan fingerprint density at radius 3 is 2.68 bits per heavy atom. The monoisotopic (exact) mass is 258 g/mol. The molecule has 3 N–H and O–H groups in total. The van der Waals surface area contributed by atoms with Crippen LogP contribution in [0.4, 0.5) is 11.4 Å². The van der Waals surface area contributed by atoms with Crippen LogP contribution >= 0.6 is 0 Å². The van der Waals surface area contributed by atoms with Crippen molar-refractivity contribution in [1.82, 2.24) is 9.88 Å². The highest BCUT2D eigenvalue weighted by Gasteiger charge is 2.20. The van der Waals surface area contributed by atoms with Crippen molar-refractivity contribution < 1.29 is 0 Å². The molecular weight excluding hydrogens is 236 g/mol. The molecule has 4 nitrogen and oxygen atoms in total.